The molecule has 1 aromatic rings. The lowest BCUT2D eigenvalue weighted by Crippen LogP contribution is -2.48. The van der Waals surface area contributed by atoms with Gasteiger partial charge in [-0.05, 0) is 18.9 Å². The van der Waals surface area contributed by atoms with Crippen molar-refractivity contribution < 1.29 is 8.42 Å². The van der Waals surface area contributed by atoms with Gasteiger partial charge in [0.15, 0.2) is 0 Å². The van der Waals surface area contributed by atoms with Gasteiger partial charge < -0.3 is 5.32 Å². The van der Waals surface area contributed by atoms with Crippen LogP contribution in [0.1, 0.15) is 52.3 Å². The van der Waals surface area contributed by atoms with Crippen LogP contribution in [0.2, 0.25) is 0 Å². The Hall–Kier alpha value is -1.21. The summed E-state index contributed by atoms with van der Waals surface area (Å²) in [5.41, 5.74) is -0.116. The van der Waals surface area contributed by atoms with Gasteiger partial charge in [-0.2, -0.15) is 0 Å². The first-order valence-electron chi connectivity index (χ1n) is 7.72. The number of nitrogens with zero attached hydrogens (tertiary/aromatic N) is 2. The van der Waals surface area contributed by atoms with Crippen molar-refractivity contribution >= 4 is 15.8 Å². The van der Waals surface area contributed by atoms with E-state index in [1.54, 1.807) is 6.20 Å². The van der Waals surface area contributed by atoms with Crippen LogP contribution in [-0.4, -0.2) is 36.7 Å². The summed E-state index contributed by atoms with van der Waals surface area (Å²) in [6.07, 6.45) is 6.88. The van der Waals surface area contributed by atoms with E-state index in [1.807, 2.05) is 6.07 Å². The highest BCUT2D eigenvalue weighted by molar-refractivity contribution is 7.88. The van der Waals surface area contributed by atoms with E-state index in [0.717, 1.165) is 37.3 Å². The fourth-order valence-corrected chi connectivity index (χ4v) is 3.54. The van der Waals surface area contributed by atoms with Crippen LogP contribution in [0.4, 0.5) is 5.82 Å². The Kier molecular flexibility index (Phi) is 5.07. The van der Waals surface area contributed by atoms with Crippen LogP contribution >= 0.6 is 0 Å². The van der Waals surface area contributed by atoms with Crippen molar-refractivity contribution in [3.63, 3.8) is 0 Å². The van der Waals surface area contributed by atoms with Gasteiger partial charge in [0.1, 0.15) is 11.6 Å². The zero-order valence-corrected chi connectivity index (χ0v) is 14.6. The standard InChI is InChI=1S/C15H26N4O2S/c1-15(2,3)14-16-10-9-13(18-14)17-11-7-5-6-8-12(11)19-22(4,20)21/h9-12,19H,5-8H2,1-4H3,(H,16,17,18)/t11-,12+/m1/s1. The lowest BCUT2D eigenvalue weighted by atomic mass is 9.91. The number of hydrogen-bond donors (Lipinski definition) is 2. The highest BCUT2D eigenvalue weighted by Gasteiger charge is 2.28. The maximum atomic E-state index is 11.5. The summed E-state index contributed by atoms with van der Waals surface area (Å²) < 4.78 is 25.8. The predicted octanol–water partition coefficient (Wildman–Crippen LogP) is 2.05. The van der Waals surface area contributed by atoms with Crippen LogP contribution in [0.5, 0.6) is 0 Å². The van der Waals surface area contributed by atoms with Crippen LogP contribution < -0.4 is 10.0 Å². The Morgan fingerprint density at radius 2 is 1.82 bits per heavy atom. The SMILES string of the molecule is CC(C)(C)c1nccc(N[C@@H]2CCCC[C@@H]2NS(C)(=O)=O)n1. The van der Waals surface area contributed by atoms with E-state index in [4.69, 9.17) is 0 Å². The molecule has 2 rings (SSSR count). The first-order chi connectivity index (χ1) is 10.1. The normalized spacial score (nSPS) is 23.3. The van der Waals surface area contributed by atoms with E-state index >= 15 is 0 Å². The van der Waals surface area contributed by atoms with Gasteiger partial charge >= 0.3 is 0 Å². The van der Waals surface area contributed by atoms with Crippen molar-refractivity contribution in [2.75, 3.05) is 11.6 Å². The fraction of sp³-hybridized carbons (Fsp3) is 0.733. The number of rotatable bonds is 4. The Morgan fingerprint density at radius 1 is 1.18 bits per heavy atom. The number of hydrogen-bond acceptors (Lipinski definition) is 5. The third kappa shape index (κ3) is 4.91. The van der Waals surface area contributed by atoms with Crippen molar-refractivity contribution in [2.45, 2.75) is 64.0 Å². The van der Waals surface area contributed by atoms with E-state index in [2.05, 4.69) is 40.8 Å². The minimum Gasteiger partial charge on any atom is -0.366 e. The molecule has 0 unspecified atom stereocenters. The van der Waals surface area contributed by atoms with Gasteiger partial charge in [0.05, 0.1) is 6.26 Å². The Balaban J connectivity index is 2.13. The van der Waals surface area contributed by atoms with Crippen molar-refractivity contribution in [3.05, 3.63) is 18.1 Å². The molecule has 0 bridgehead atoms. The summed E-state index contributed by atoms with van der Waals surface area (Å²) in [7, 11) is -3.20. The molecule has 1 aromatic heterocycles. The van der Waals surface area contributed by atoms with E-state index in [1.165, 1.54) is 6.26 Å². The molecule has 0 aromatic carbocycles. The average Bonchev–Trinajstić information content (AvgIpc) is 2.39. The quantitative estimate of drug-likeness (QED) is 0.884. The zero-order chi connectivity index (χ0) is 16.4. The molecule has 0 saturated heterocycles. The van der Waals surface area contributed by atoms with Crippen LogP contribution in [-0.2, 0) is 15.4 Å². The Morgan fingerprint density at radius 3 is 2.41 bits per heavy atom. The van der Waals surface area contributed by atoms with Crippen LogP contribution in [0.25, 0.3) is 0 Å². The average molecular weight is 326 g/mol. The molecular formula is C15H26N4O2S. The van der Waals surface area contributed by atoms with Crippen molar-refractivity contribution in [3.8, 4) is 0 Å². The maximum Gasteiger partial charge on any atom is 0.209 e. The fourth-order valence-electron chi connectivity index (χ4n) is 2.71. The molecule has 0 amide bonds. The van der Waals surface area contributed by atoms with E-state index < -0.39 is 10.0 Å². The summed E-state index contributed by atoms with van der Waals surface area (Å²) >= 11 is 0. The molecule has 0 radical (unpaired) electrons. The molecule has 1 aliphatic carbocycles. The molecule has 7 heteroatoms. The molecule has 0 spiro atoms. The second-order valence-electron chi connectivity index (χ2n) is 7.05. The molecular weight excluding hydrogens is 300 g/mol. The summed E-state index contributed by atoms with van der Waals surface area (Å²) in [5.74, 6) is 1.54. The molecule has 1 fully saturated rings. The second kappa shape index (κ2) is 6.50. The van der Waals surface area contributed by atoms with Gasteiger partial charge in [-0.1, -0.05) is 33.6 Å². The number of sulfonamides is 1. The maximum absolute atomic E-state index is 11.5. The first-order valence-corrected chi connectivity index (χ1v) is 9.62. The molecule has 1 saturated carbocycles. The topological polar surface area (TPSA) is 84.0 Å². The largest absolute Gasteiger partial charge is 0.366 e. The minimum absolute atomic E-state index is 0.0613. The predicted molar refractivity (Wildman–Crippen MR) is 88.4 cm³/mol. The van der Waals surface area contributed by atoms with Gasteiger partial charge in [-0.25, -0.2) is 23.1 Å². The smallest absolute Gasteiger partial charge is 0.209 e. The van der Waals surface area contributed by atoms with Crippen molar-refractivity contribution in [1.82, 2.24) is 14.7 Å². The Labute approximate surface area is 133 Å². The molecule has 1 heterocycles. The third-order valence-electron chi connectivity index (χ3n) is 3.79. The zero-order valence-electron chi connectivity index (χ0n) is 13.8. The monoisotopic (exact) mass is 326 g/mol. The summed E-state index contributed by atoms with van der Waals surface area (Å²) in [6.45, 7) is 6.21. The molecule has 124 valence electrons. The van der Waals surface area contributed by atoms with Crippen LogP contribution in [0.15, 0.2) is 12.3 Å². The molecule has 6 nitrogen and oxygen atoms in total. The van der Waals surface area contributed by atoms with Gasteiger partial charge in [-0.3, -0.25) is 0 Å². The third-order valence-corrected chi connectivity index (χ3v) is 4.52. The highest BCUT2D eigenvalue weighted by atomic mass is 32.2. The van der Waals surface area contributed by atoms with Gasteiger partial charge in [0, 0.05) is 23.7 Å². The second-order valence-corrected chi connectivity index (χ2v) is 8.83. The van der Waals surface area contributed by atoms with E-state index in [9.17, 15) is 8.42 Å². The lowest BCUT2D eigenvalue weighted by molar-refractivity contribution is 0.378. The van der Waals surface area contributed by atoms with E-state index in [0.29, 0.717) is 0 Å². The van der Waals surface area contributed by atoms with Crippen molar-refractivity contribution in [2.24, 2.45) is 0 Å². The van der Waals surface area contributed by atoms with Crippen LogP contribution in [0.3, 0.4) is 0 Å². The first kappa shape index (κ1) is 17.1. The molecule has 22 heavy (non-hydrogen) atoms. The van der Waals surface area contributed by atoms with E-state index in [-0.39, 0.29) is 17.5 Å². The summed E-state index contributed by atoms with van der Waals surface area (Å²) in [5, 5.41) is 3.39. The number of nitrogens with one attached hydrogen (secondary N) is 2. The Bertz CT molecular complexity index is 610. The minimum atomic E-state index is -3.20. The molecule has 1 aliphatic rings. The highest BCUT2D eigenvalue weighted by Crippen LogP contribution is 2.24. The summed E-state index contributed by atoms with van der Waals surface area (Å²) in [6, 6.07) is 1.81. The van der Waals surface area contributed by atoms with Crippen LogP contribution in [0, 0.1) is 0 Å². The van der Waals surface area contributed by atoms with Gasteiger partial charge in [-0.15, -0.1) is 0 Å². The molecule has 0 aliphatic heterocycles. The number of anilines is 1. The van der Waals surface area contributed by atoms with Gasteiger partial charge in [0.25, 0.3) is 0 Å². The molecule has 2 atom stereocenters. The molecule has 2 N–H and O–H groups in total. The van der Waals surface area contributed by atoms with Gasteiger partial charge in [0.2, 0.25) is 10.0 Å². The lowest BCUT2D eigenvalue weighted by Gasteiger charge is -2.32. The van der Waals surface area contributed by atoms with Crippen molar-refractivity contribution in [1.29, 1.82) is 0 Å². The summed E-state index contributed by atoms with van der Waals surface area (Å²) in [4.78, 5) is 8.89. The number of aromatic nitrogens is 2.